The summed E-state index contributed by atoms with van der Waals surface area (Å²) in [6, 6.07) is 37.2. The van der Waals surface area contributed by atoms with Crippen LogP contribution in [0.25, 0.3) is 54.8 Å². The number of aromatic nitrogens is 1. The Balaban J connectivity index is 1.20. The maximum Gasteiger partial charge on any atom is 0.0471 e. The molecule has 39 heavy (non-hydrogen) atoms. The lowest BCUT2D eigenvalue weighted by molar-refractivity contribution is -0.0399. The standard InChI is InChI=1S/C38H31N/c1-2-6-29-24(5-1)10-14-36-37(29)32-20-25(11-13-35(32)39-36)26-9-12-31-30-7-3-4-8-33(30)38(34(31)21-26)27-16-22-15-23(18-27)19-28(38)17-22/h1-14,20-23,27-28,39H,15-19H2. The van der Waals surface area contributed by atoms with Crippen molar-refractivity contribution in [2.24, 2.45) is 23.7 Å². The molecule has 4 saturated carbocycles. The van der Waals surface area contributed by atoms with Crippen LogP contribution < -0.4 is 0 Å². The van der Waals surface area contributed by atoms with Gasteiger partial charge in [0, 0.05) is 27.2 Å². The lowest BCUT2D eigenvalue weighted by atomic mass is 9.43. The lowest BCUT2D eigenvalue weighted by Crippen LogP contribution is -2.55. The highest BCUT2D eigenvalue weighted by Gasteiger charge is 2.61. The average molecular weight is 502 g/mol. The smallest absolute Gasteiger partial charge is 0.0471 e. The summed E-state index contributed by atoms with van der Waals surface area (Å²) in [4.78, 5) is 3.68. The van der Waals surface area contributed by atoms with E-state index in [-0.39, 0.29) is 5.41 Å². The third kappa shape index (κ3) is 2.57. The minimum Gasteiger partial charge on any atom is -0.354 e. The van der Waals surface area contributed by atoms with Crippen molar-refractivity contribution in [3.8, 4) is 22.3 Å². The zero-order chi connectivity index (χ0) is 25.3. The van der Waals surface area contributed by atoms with Crippen molar-refractivity contribution in [1.29, 1.82) is 0 Å². The number of H-pyrrole nitrogens is 1. The van der Waals surface area contributed by atoms with Gasteiger partial charge in [0.1, 0.15) is 0 Å². The quantitative estimate of drug-likeness (QED) is 0.231. The van der Waals surface area contributed by atoms with Crippen molar-refractivity contribution < 1.29 is 0 Å². The molecule has 0 unspecified atom stereocenters. The van der Waals surface area contributed by atoms with Crippen molar-refractivity contribution >= 4 is 32.6 Å². The molecule has 1 heterocycles. The number of aromatic amines is 1. The summed E-state index contributed by atoms with van der Waals surface area (Å²) < 4.78 is 0. The predicted molar refractivity (Wildman–Crippen MR) is 162 cm³/mol. The monoisotopic (exact) mass is 501 g/mol. The average Bonchev–Trinajstić information content (AvgIpc) is 3.49. The molecule has 6 aromatic rings. The minimum atomic E-state index is 0.219. The van der Waals surface area contributed by atoms with Crippen LogP contribution in [0.2, 0.25) is 0 Å². The normalized spacial score (nSPS) is 28.1. The molecule has 1 heteroatoms. The molecule has 4 bridgehead atoms. The van der Waals surface area contributed by atoms with E-state index in [1.54, 1.807) is 11.1 Å². The van der Waals surface area contributed by atoms with Crippen molar-refractivity contribution in [3.63, 3.8) is 0 Å². The lowest BCUT2D eigenvalue weighted by Gasteiger charge is -2.61. The van der Waals surface area contributed by atoms with Gasteiger partial charge in [0.15, 0.2) is 0 Å². The van der Waals surface area contributed by atoms with Crippen molar-refractivity contribution in [2.75, 3.05) is 0 Å². The molecule has 1 aromatic heterocycles. The summed E-state index contributed by atoms with van der Waals surface area (Å²) in [6.07, 6.45) is 7.22. The number of hydrogen-bond acceptors (Lipinski definition) is 0. The third-order valence-electron chi connectivity index (χ3n) is 11.4. The molecule has 0 aliphatic heterocycles. The van der Waals surface area contributed by atoms with Crippen molar-refractivity contribution in [2.45, 2.75) is 37.5 Å². The first-order valence-electron chi connectivity index (χ1n) is 15.0. The van der Waals surface area contributed by atoms with E-state index >= 15 is 0 Å². The Labute approximate surface area is 228 Å². The van der Waals surface area contributed by atoms with Crippen LogP contribution in [-0.2, 0) is 5.41 Å². The summed E-state index contributed by atoms with van der Waals surface area (Å²) in [7, 11) is 0. The first kappa shape index (κ1) is 21.0. The van der Waals surface area contributed by atoms with E-state index in [2.05, 4.69) is 102 Å². The number of nitrogens with one attached hydrogen (secondary N) is 1. The molecule has 0 radical (unpaired) electrons. The van der Waals surface area contributed by atoms with Gasteiger partial charge >= 0.3 is 0 Å². The molecule has 1 spiro atoms. The van der Waals surface area contributed by atoms with Crippen LogP contribution in [0.15, 0.2) is 97.1 Å². The fourth-order valence-electron chi connectivity index (χ4n) is 10.2. The van der Waals surface area contributed by atoms with Gasteiger partial charge in [-0.2, -0.15) is 0 Å². The number of rotatable bonds is 1. The van der Waals surface area contributed by atoms with Crippen molar-refractivity contribution in [3.05, 3.63) is 108 Å². The fourth-order valence-corrected chi connectivity index (χ4v) is 10.2. The van der Waals surface area contributed by atoms with E-state index in [0.29, 0.717) is 0 Å². The van der Waals surface area contributed by atoms with E-state index in [1.165, 1.54) is 86.9 Å². The summed E-state index contributed by atoms with van der Waals surface area (Å²) >= 11 is 0. The molecule has 1 N–H and O–H groups in total. The van der Waals surface area contributed by atoms with Crippen LogP contribution in [0.4, 0.5) is 0 Å². The molecule has 5 aromatic carbocycles. The molecule has 0 atom stereocenters. The zero-order valence-electron chi connectivity index (χ0n) is 22.1. The Morgan fingerprint density at radius 2 is 1.23 bits per heavy atom. The summed E-state index contributed by atoms with van der Waals surface area (Å²) in [6.45, 7) is 0. The summed E-state index contributed by atoms with van der Waals surface area (Å²) in [5.41, 5.74) is 11.6. The molecule has 0 saturated heterocycles. The molecular formula is C38H31N. The molecular weight excluding hydrogens is 470 g/mol. The molecule has 1 nitrogen and oxygen atoms in total. The van der Waals surface area contributed by atoms with Gasteiger partial charge in [-0.15, -0.1) is 0 Å². The van der Waals surface area contributed by atoms with Crippen molar-refractivity contribution in [1.82, 2.24) is 4.98 Å². The number of benzene rings is 5. The zero-order valence-corrected chi connectivity index (χ0v) is 22.1. The molecule has 5 aliphatic carbocycles. The van der Waals surface area contributed by atoms with E-state index in [1.807, 2.05) is 0 Å². The van der Waals surface area contributed by atoms with Crippen LogP contribution in [-0.4, -0.2) is 4.98 Å². The van der Waals surface area contributed by atoms with Gasteiger partial charge < -0.3 is 4.98 Å². The first-order valence-corrected chi connectivity index (χ1v) is 15.0. The second-order valence-electron chi connectivity index (χ2n) is 13.1. The van der Waals surface area contributed by atoms with Gasteiger partial charge in [-0.1, -0.05) is 72.8 Å². The second-order valence-corrected chi connectivity index (χ2v) is 13.1. The Bertz CT molecular complexity index is 1960. The van der Waals surface area contributed by atoms with Crippen LogP contribution in [0.5, 0.6) is 0 Å². The van der Waals surface area contributed by atoms with Crippen LogP contribution in [0, 0.1) is 23.7 Å². The number of fused-ring (bicyclic) bond motifs is 8. The van der Waals surface area contributed by atoms with Gasteiger partial charge in [0.2, 0.25) is 0 Å². The van der Waals surface area contributed by atoms with Crippen LogP contribution in [0.1, 0.15) is 43.2 Å². The van der Waals surface area contributed by atoms with E-state index in [4.69, 9.17) is 0 Å². The highest BCUT2D eigenvalue weighted by Crippen LogP contribution is 2.69. The largest absolute Gasteiger partial charge is 0.354 e. The summed E-state index contributed by atoms with van der Waals surface area (Å²) in [5.74, 6) is 3.54. The second kappa shape index (κ2) is 7.21. The molecule has 0 amide bonds. The number of hydrogen-bond donors (Lipinski definition) is 1. The van der Waals surface area contributed by atoms with Gasteiger partial charge in [0.05, 0.1) is 0 Å². The Hall–Kier alpha value is -3.84. The first-order chi connectivity index (χ1) is 19.3. The minimum absolute atomic E-state index is 0.219. The maximum atomic E-state index is 3.68. The highest BCUT2D eigenvalue weighted by atomic mass is 14.7. The Morgan fingerprint density at radius 3 is 2.10 bits per heavy atom. The summed E-state index contributed by atoms with van der Waals surface area (Å²) in [5, 5.41) is 5.30. The van der Waals surface area contributed by atoms with Crippen LogP contribution >= 0.6 is 0 Å². The maximum absolute atomic E-state index is 3.68. The van der Waals surface area contributed by atoms with Gasteiger partial charge in [-0.05, 0) is 124 Å². The van der Waals surface area contributed by atoms with E-state index in [9.17, 15) is 0 Å². The van der Waals surface area contributed by atoms with Gasteiger partial charge in [-0.3, -0.25) is 0 Å². The van der Waals surface area contributed by atoms with E-state index in [0.717, 1.165) is 23.7 Å². The molecule has 5 aliphatic rings. The van der Waals surface area contributed by atoms with E-state index < -0.39 is 0 Å². The highest BCUT2D eigenvalue weighted by molar-refractivity contribution is 6.20. The molecule has 4 fully saturated rings. The predicted octanol–water partition coefficient (Wildman–Crippen LogP) is 9.86. The fraction of sp³-hybridized carbons (Fsp3) is 0.263. The van der Waals surface area contributed by atoms with Crippen LogP contribution in [0.3, 0.4) is 0 Å². The molecule has 188 valence electrons. The Kier molecular flexibility index (Phi) is 3.89. The van der Waals surface area contributed by atoms with Gasteiger partial charge in [0.25, 0.3) is 0 Å². The van der Waals surface area contributed by atoms with Gasteiger partial charge in [-0.25, -0.2) is 0 Å². The third-order valence-corrected chi connectivity index (χ3v) is 11.4. The topological polar surface area (TPSA) is 15.8 Å². The Morgan fingerprint density at radius 1 is 0.538 bits per heavy atom. The molecule has 11 rings (SSSR count). The SMILES string of the molecule is c1ccc2c(c1)-c1ccc(-c3ccc4[nH]c5ccc6ccccc6c5c4c3)cc1C21C2CC3CC(C2)CC1C3.